The number of piperidine rings is 1. The highest BCUT2D eigenvalue weighted by molar-refractivity contribution is 5.39. The van der Waals surface area contributed by atoms with Crippen LogP contribution in [-0.2, 0) is 13.1 Å². The van der Waals surface area contributed by atoms with Crippen LogP contribution >= 0.6 is 0 Å². The van der Waals surface area contributed by atoms with Gasteiger partial charge < -0.3 is 10.1 Å². The molecule has 0 aromatic heterocycles. The molecule has 1 aliphatic heterocycles. The zero-order valence-electron chi connectivity index (χ0n) is 10.6. The first-order valence-corrected chi connectivity index (χ1v) is 6.36. The van der Waals surface area contributed by atoms with Gasteiger partial charge in [-0.15, -0.1) is 0 Å². The third kappa shape index (κ3) is 2.99. The Kier molecular flexibility index (Phi) is 4.53. The molecule has 0 unspecified atom stereocenters. The van der Waals surface area contributed by atoms with E-state index in [9.17, 15) is 8.78 Å². The Bertz CT molecular complexity index is 403. The van der Waals surface area contributed by atoms with E-state index < -0.39 is 12.5 Å². The first kappa shape index (κ1) is 13.3. The molecule has 0 aliphatic carbocycles. The minimum atomic E-state index is -0.639. The SMILES string of the molecule is COc1c(F)cc(CF)cc1CC1CCNCC1. The van der Waals surface area contributed by atoms with Crippen molar-refractivity contribution in [3.8, 4) is 5.75 Å². The minimum absolute atomic E-state index is 0.269. The standard InChI is InChI=1S/C14H19F2NO/c1-18-14-12(6-10-2-4-17-5-3-10)7-11(9-15)8-13(14)16/h7-8,10,17H,2-6,9H2,1H3. The normalized spacial score (nSPS) is 16.8. The van der Waals surface area contributed by atoms with Gasteiger partial charge in [-0.2, -0.15) is 0 Å². The fourth-order valence-electron chi connectivity index (χ4n) is 2.57. The molecule has 2 rings (SSSR count). The van der Waals surface area contributed by atoms with Gasteiger partial charge in [0.05, 0.1) is 7.11 Å². The first-order valence-electron chi connectivity index (χ1n) is 6.36. The third-order valence-corrected chi connectivity index (χ3v) is 3.51. The summed E-state index contributed by atoms with van der Waals surface area (Å²) in [4.78, 5) is 0. The highest BCUT2D eigenvalue weighted by atomic mass is 19.1. The van der Waals surface area contributed by atoms with Gasteiger partial charge in [0.2, 0.25) is 0 Å². The zero-order valence-corrected chi connectivity index (χ0v) is 10.6. The van der Waals surface area contributed by atoms with Gasteiger partial charge in [-0.25, -0.2) is 8.78 Å². The van der Waals surface area contributed by atoms with E-state index in [1.807, 2.05) is 0 Å². The largest absolute Gasteiger partial charge is 0.493 e. The Labute approximate surface area is 106 Å². The van der Waals surface area contributed by atoms with Crippen molar-refractivity contribution in [3.63, 3.8) is 0 Å². The maximum Gasteiger partial charge on any atom is 0.165 e. The number of methoxy groups -OCH3 is 1. The van der Waals surface area contributed by atoms with E-state index in [2.05, 4.69) is 5.32 Å². The predicted molar refractivity (Wildman–Crippen MR) is 67.1 cm³/mol. The summed E-state index contributed by atoms with van der Waals surface area (Å²) in [7, 11) is 1.46. The Morgan fingerprint density at radius 3 is 2.67 bits per heavy atom. The van der Waals surface area contributed by atoms with E-state index in [-0.39, 0.29) is 5.75 Å². The summed E-state index contributed by atoms with van der Waals surface area (Å²) in [5.41, 5.74) is 1.18. The van der Waals surface area contributed by atoms with Crippen LogP contribution in [0.3, 0.4) is 0 Å². The van der Waals surface area contributed by atoms with E-state index >= 15 is 0 Å². The average Bonchev–Trinajstić information content (AvgIpc) is 2.39. The van der Waals surface area contributed by atoms with E-state index in [4.69, 9.17) is 4.74 Å². The van der Waals surface area contributed by atoms with Gasteiger partial charge in [0.15, 0.2) is 11.6 Å². The van der Waals surface area contributed by atoms with Crippen LogP contribution in [0.4, 0.5) is 8.78 Å². The number of benzene rings is 1. The van der Waals surface area contributed by atoms with Crippen LogP contribution in [0.15, 0.2) is 12.1 Å². The molecule has 0 spiro atoms. The Hall–Kier alpha value is -1.16. The van der Waals surface area contributed by atoms with Gasteiger partial charge in [-0.1, -0.05) is 0 Å². The molecule has 4 heteroatoms. The molecule has 1 saturated heterocycles. The topological polar surface area (TPSA) is 21.3 Å². The molecule has 0 atom stereocenters. The third-order valence-electron chi connectivity index (χ3n) is 3.51. The van der Waals surface area contributed by atoms with Gasteiger partial charge in [0, 0.05) is 0 Å². The second-order valence-electron chi connectivity index (χ2n) is 4.80. The number of nitrogens with one attached hydrogen (secondary N) is 1. The maximum absolute atomic E-state index is 13.7. The number of alkyl halides is 1. The summed E-state index contributed by atoms with van der Waals surface area (Å²) < 4.78 is 31.5. The monoisotopic (exact) mass is 255 g/mol. The van der Waals surface area contributed by atoms with Crippen molar-refractivity contribution in [2.75, 3.05) is 20.2 Å². The quantitative estimate of drug-likeness (QED) is 0.893. The lowest BCUT2D eigenvalue weighted by Crippen LogP contribution is -2.28. The molecule has 100 valence electrons. The summed E-state index contributed by atoms with van der Waals surface area (Å²) in [6, 6.07) is 2.94. The summed E-state index contributed by atoms with van der Waals surface area (Å²) >= 11 is 0. The lowest BCUT2D eigenvalue weighted by Gasteiger charge is -2.23. The van der Waals surface area contributed by atoms with Crippen LogP contribution in [0.5, 0.6) is 5.75 Å². The van der Waals surface area contributed by atoms with Gasteiger partial charge >= 0.3 is 0 Å². The van der Waals surface area contributed by atoms with Gasteiger partial charge in [0.1, 0.15) is 6.67 Å². The zero-order chi connectivity index (χ0) is 13.0. The molecular formula is C14H19F2NO. The molecular weight excluding hydrogens is 236 g/mol. The lowest BCUT2D eigenvalue weighted by molar-refractivity contribution is 0.351. The first-order chi connectivity index (χ1) is 8.74. The number of ether oxygens (including phenoxy) is 1. The molecule has 1 heterocycles. The molecule has 2 nitrogen and oxygen atoms in total. The molecule has 0 amide bonds. The van der Waals surface area contributed by atoms with Crippen molar-refractivity contribution in [1.82, 2.24) is 5.32 Å². The molecule has 0 bridgehead atoms. The summed E-state index contributed by atoms with van der Waals surface area (Å²) in [5.74, 6) is 0.330. The van der Waals surface area contributed by atoms with Crippen LogP contribution < -0.4 is 10.1 Å². The number of hydrogen-bond donors (Lipinski definition) is 1. The fourth-order valence-corrected chi connectivity index (χ4v) is 2.57. The maximum atomic E-state index is 13.7. The second kappa shape index (κ2) is 6.14. The molecule has 0 saturated carbocycles. The molecule has 1 aromatic carbocycles. The number of halogens is 2. The van der Waals surface area contributed by atoms with Gasteiger partial charge in [0.25, 0.3) is 0 Å². The van der Waals surface area contributed by atoms with Crippen LogP contribution in [0.25, 0.3) is 0 Å². The van der Waals surface area contributed by atoms with Crippen molar-refractivity contribution < 1.29 is 13.5 Å². The van der Waals surface area contributed by atoms with Crippen molar-refractivity contribution >= 4 is 0 Å². The highest BCUT2D eigenvalue weighted by Crippen LogP contribution is 2.29. The molecule has 0 radical (unpaired) electrons. The second-order valence-corrected chi connectivity index (χ2v) is 4.80. The Balaban J connectivity index is 2.20. The highest BCUT2D eigenvalue weighted by Gasteiger charge is 2.18. The fraction of sp³-hybridized carbons (Fsp3) is 0.571. The minimum Gasteiger partial charge on any atom is -0.493 e. The van der Waals surface area contributed by atoms with Gasteiger partial charge in [-0.05, 0) is 61.5 Å². The van der Waals surface area contributed by atoms with Crippen molar-refractivity contribution in [2.45, 2.75) is 25.9 Å². The molecule has 1 aliphatic rings. The van der Waals surface area contributed by atoms with Crippen molar-refractivity contribution in [1.29, 1.82) is 0 Å². The van der Waals surface area contributed by atoms with Crippen LogP contribution in [0, 0.1) is 11.7 Å². The molecule has 1 fully saturated rings. The van der Waals surface area contributed by atoms with Crippen molar-refractivity contribution in [3.05, 3.63) is 29.1 Å². The van der Waals surface area contributed by atoms with E-state index in [1.54, 1.807) is 6.07 Å². The molecule has 1 aromatic rings. The molecule has 1 N–H and O–H groups in total. The smallest absolute Gasteiger partial charge is 0.165 e. The van der Waals surface area contributed by atoms with E-state index in [1.165, 1.54) is 13.2 Å². The Morgan fingerprint density at radius 1 is 1.33 bits per heavy atom. The predicted octanol–water partition coefficient (Wildman–Crippen LogP) is 2.85. The van der Waals surface area contributed by atoms with Gasteiger partial charge in [-0.3, -0.25) is 0 Å². The molecule has 18 heavy (non-hydrogen) atoms. The van der Waals surface area contributed by atoms with Crippen molar-refractivity contribution in [2.24, 2.45) is 5.92 Å². The van der Waals surface area contributed by atoms with Crippen LogP contribution in [-0.4, -0.2) is 20.2 Å². The number of hydrogen-bond acceptors (Lipinski definition) is 2. The van der Waals surface area contributed by atoms with Crippen LogP contribution in [0.1, 0.15) is 24.0 Å². The lowest BCUT2D eigenvalue weighted by atomic mass is 9.90. The van der Waals surface area contributed by atoms with Crippen LogP contribution in [0.2, 0.25) is 0 Å². The van der Waals surface area contributed by atoms with E-state index in [0.29, 0.717) is 11.5 Å². The average molecular weight is 255 g/mol. The summed E-state index contributed by atoms with van der Waals surface area (Å²) in [6.45, 7) is 1.36. The van der Waals surface area contributed by atoms with E-state index in [0.717, 1.165) is 37.9 Å². The summed E-state index contributed by atoms with van der Waals surface area (Å²) in [6.07, 6.45) is 2.91. The summed E-state index contributed by atoms with van der Waals surface area (Å²) in [5, 5.41) is 3.30. The Morgan fingerprint density at radius 2 is 2.06 bits per heavy atom. The number of rotatable bonds is 4.